The third kappa shape index (κ3) is 6.05. The summed E-state index contributed by atoms with van der Waals surface area (Å²) < 4.78 is 37.8. The first-order valence-corrected chi connectivity index (χ1v) is 5.43. The van der Waals surface area contributed by atoms with E-state index >= 15 is 0 Å². The molecule has 0 heterocycles. The fourth-order valence-corrected chi connectivity index (χ4v) is 1.69. The Balaban J connectivity index is 4.24. The van der Waals surface area contributed by atoms with Crippen molar-refractivity contribution in [2.24, 2.45) is 0 Å². The first-order valence-electron chi connectivity index (χ1n) is 3.97. The molecule has 0 aromatic carbocycles. The molecule has 0 aliphatic heterocycles. The molecule has 0 aliphatic carbocycles. The van der Waals surface area contributed by atoms with Crippen molar-refractivity contribution in [3.05, 3.63) is 25.3 Å². The van der Waals surface area contributed by atoms with Crippen molar-refractivity contribution in [2.75, 3.05) is 13.2 Å². The minimum Gasteiger partial charge on any atom is -0.283 e. The Hall–Kier alpha value is -0.480. The van der Waals surface area contributed by atoms with Gasteiger partial charge >= 0.3 is 7.82 Å². The van der Waals surface area contributed by atoms with Gasteiger partial charge in [0.25, 0.3) is 0 Å². The zero-order chi connectivity index (χ0) is 11.0. The maximum absolute atomic E-state index is 12.4. The molecule has 6 heteroatoms. The number of rotatable bonds is 8. The Bertz CT molecular complexity index is 213. The monoisotopic (exact) mass is 224 g/mol. The molecule has 0 aliphatic rings. The molecule has 14 heavy (non-hydrogen) atoms. The highest BCUT2D eigenvalue weighted by Gasteiger charge is 2.28. The summed E-state index contributed by atoms with van der Waals surface area (Å²) in [5, 5.41) is 0. The van der Waals surface area contributed by atoms with Gasteiger partial charge in [-0.1, -0.05) is 12.2 Å². The molecule has 82 valence electrons. The Morgan fingerprint density at radius 3 is 2.07 bits per heavy atom. The summed E-state index contributed by atoms with van der Waals surface area (Å²) in [6.07, 6.45) is 0.988. The molecule has 4 nitrogen and oxygen atoms in total. The van der Waals surface area contributed by atoms with Crippen molar-refractivity contribution in [3.63, 3.8) is 0 Å². The number of alkyl halides is 1. The molecule has 0 bridgehead atoms. The summed E-state index contributed by atoms with van der Waals surface area (Å²) >= 11 is 0. The van der Waals surface area contributed by atoms with Crippen LogP contribution in [-0.2, 0) is 18.1 Å². The lowest BCUT2D eigenvalue weighted by molar-refractivity contribution is 0.0296. The molecule has 1 atom stereocenters. The maximum atomic E-state index is 12.4. The normalized spacial score (nSPS) is 13.6. The van der Waals surface area contributed by atoms with Crippen molar-refractivity contribution in [1.29, 1.82) is 0 Å². The van der Waals surface area contributed by atoms with E-state index in [2.05, 4.69) is 17.7 Å². The van der Waals surface area contributed by atoms with Gasteiger partial charge in [0, 0.05) is 0 Å². The van der Waals surface area contributed by atoms with E-state index in [0.717, 1.165) is 6.92 Å². The highest BCUT2D eigenvalue weighted by atomic mass is 31.2. The fraction of sp³-hybridized carbons (Fsp3) is 0.500. The number of hydrogen-bond donors (Lipinski definition) is 0. The Labute approximate surface area is 83.0 Å². The SMILES string of the molecule is C=CCOP(=O)(OCC=C)OC(C)F. The summed E-state index contributed by atoms with van der Waals surface area (Å²) in [5.74, 6) is 0. The summed E-state index contributed by atoms with van der Waals surface area (Å²) in [4.78, 5) is 0. The van der Waals surface area contributed by atoms with Gasteiger partial charge < -0.3 is 0 Å². The van der Waals surface area contributed by atoms with Crippen LogP contribution in [0.25, 0.3) is 0 Å². The first kappa shape index (κ1) is 13.5. The lowest BCUT2D eigenvalue weighted by Crippen LogP contribution is -2.05. The van der Waals surface area contributed by atoms with Gasteiger partial charge in [-0.3, -0.25) is 13.6 Å². The molecule has 0 saturated carbocycles. The van der Waals surface area contributed by atoms with Crippen LogP contribution < -0.4 is 0 Å². The Kier molecular flexibility index (Phi) is 6.66. The topological polar surface area (TPSA) is 44.8 Å². The largest absolute Gasteiger partial charge is 0.477 e. The lowest BCUT2D eigenvalue weighted by Gasteiger charge is -2.16. The van der Waals surface area contributed by atoms with Crippen LogP contribution in [-0.4, -0.2) is 19.6 Å². The van der Waals surface area contributed by atoms with Gasteiger partial charge in [-0.05, 0) is 6.92 Å². The number of phosphoric acid groups is 1. The Morgan fingerprint density at radius 1 is 1.36 bits per heavy atom. The van der Waals surface area contributed by atoms with E-state index in [4.69, 9.17) is 9.05 Å². The highest BCUT2D eigenvalue weighted by Crippen LogP contribution is 2.50. The van der Waals surface area contributed by atoms with Crippen LogP contribution in [0.4, 0.5) is 4.39 Å². The molecule has 0 fully saturated rings. The smallest absolute Gasteiger partial charge is 0.283 e. The van der Waals surface area contributed by atoms with Crippen molar-refractivity contribution in [1.82, 2.24) is 0 Å². The first-order chi connectivity index (χ1) is 6.54. The van der Waals surface area contributed by atoms with Crippen LogP contribution in [0.15, 0.2) is 25.3 Å². The van der Waals surface area contributed by atoms with E-state index in [9.17, 15) is 8.96 Å². The molecule has 0 radical (unpaired) electrons. The van der Waals surface area contributed by atoms with Crippen LogP contribution in [0.5, 0.6) is 0 Å². The summed E-state index contributed by atoms with van der Waals surface area (Å²) in [6.45, 7) is 7.71. The Morgan fingerprint density at radius 2 is 1.79 bits per heavy atom. The van der Waals surface area contributed by atoms with E-state index in [0.29, 0.717) is 0 Å². The summed E-state index contributed by atoms with van der Waals surface area (Å²) in [5.41, 5.74) is 0. The quantitative estimate of drug-likeness (QED) is 0.469. The predicted octanol–water partition coefficient (Wildman–Crippen LogP) is 2.83. The highest BCUT2D eigenvalue weighted by molar-refractivity contribution is 7.48. The molecule has 0 spiro atoms. The van der Waals surface area contributed by atoms with E-state index in [1.54, 1.807) is 0 Å². The van der Waals surface area contributed by atoms with Crippen molar-refractivity contribution >= 4 is 7.82 Å². The molecule has 0 N–H and O–H groups in total. The van der Waals surface area contributed by atoms with Gasteiger partial charge in [-0.15, -0.1) is 13.2 Å². The molecule has 0 aromatic rings. The zero-order valence-electron chi connectivity index (χ0n) is 8.02. The third-order valence-electron chi connectivity index (χ3n) is 0.975. The maximum Gasteiger partial charge on any atom is 0.477 e. The minimum absolute atomic E-state index is 0.0405. The van der Waals surface area contributed by atoms with Gasteiger partial charge in [0.2, 0.25) is 6.36 Å². The van der Waals surface area contributed by atoms with Gasteiger partial charge in [0.15, 0.2) is 0 Å². The van der Waals surface area contributed by atoms with Crippen molar-refractivity contribution in [3.8, 4) is 0 Å². The number of halogens is 1. The van der Waals surface area contributed by atoms with Crippen LogP contribution in [0, 0.1) is 0 Å². The fourth-order valence-electron chi connectivity index (χ4n) is 0.564. The second-order valence-corrected chi connectivity index (χ2v) is 3.89. The van der Waals surface area contributed by atoms with Crippen LogP contribution in [0.3, 0.4) is 0 Å². The van der Waals surface area contributed by atoms with Crippen molar-refractivity contribution < 1.29 is 22.5 Å². The average Bonchev–Trinajstić information content (AvgIpc) is 2.11. The predicted molar refractivity (Wildman–Crippen MR) is 51.6 cm³/mol. The average molecular weight is 224 g/mol. The number of hydrogen-bond acceptors (Lipinski definition) is 4. The molecule has 0 amide bonds. The van der Waals surface area contributed by atoms with E-state index in [1.807, 2.05) is 0 Å². The molecule has 1 unspecified atom stereocenters. The summed E-state index contributed by atoms with van der Waals surface area (Å²) in [6, 6.07) is 0. The van der Waals surface area contributed by atoms with E-state index in [1.165, 1.54) is 12.2 Å². The van der Waals surface area contributed by atoms with Gasteiger partial charge in [-0.2, -0.15) is 0 Å². The lowest BCUT2D eigenvalue weighted by atomic mass is 10.7. The van der Waals surface area contributed by atoms with Crippen LogP contribution in [0.2, 0.25) is 0 Å². The molecular weight excluding hydrogens is 210 g/mol. The molecule has 0 saturated heterocycles. The van der Waals surface area contributed by atoms with E-state index < -0.39 is 14.2 Å². The minimum atomic E-state index is -3.83. The molecule has 0 rings (SSSR count). The zero-order valence-corrected chi connectivity index (χ0v) is 8.91. The van der Waals surface area contributed by atoms with Crippen LogP contribution >= 0.6 is 7.82 Å². The second-order valence-electron chi connectivity index (χ2n) is 2.26. The van der Waals surface area contributed by atoms with E-state index in [-0.39, 0.29) is 13.2 Å². The standard InChI is InChI=1S/C8H14FO4P/c1-4-6-11-14(10,12-7-5-2)13-8(3)9/h4-5,8H,1-2,6-7H2,3H3. The van der Waals surface area contributed by atoms with Gasteiger partial charge in [0.05, 0.1) is 13.2 Å². The third-order valence-corrected chi connectivity index (χ3v) is 2.45. The van der Waals surface area contributed by atoms with Gasteiger partial charge in [-0.25, -0.2) is 8.96 Å². The van der Waals surface area contributed by atoms with Gasteiger partial charge in [0.1, 0.15) is 0 Å². The second kappa shape index (κ2) is 6.90. The number of phosphoric ester groups is 1. The molecule has 0 aromatic heterocycles. The van der Waals surface area contributed by atoms with Crippen molar-refractivity contribution in [2.45, 2.75) is 13.3 Å². The summed E-state index contributed by atoms with van der Waals surface area (Å²) in [7, 11) is -3.83. The molecular formula is C8H14FO4P. The van der Waals surface area contributed by atoms with Crippen LogP contribution in [0.1, 0.15) is 6.92 Å².